The van der Waals surface area contributed by atoms with Crippen molar-refractivity contribution in [3.05, 3.63) is 83.3 Å². The first-order valence-corrected chi connectivity index (χ1v) is 7.74. The Morgan fingerprint density at radius 1 is 1.08 bits per heavy atom. The quantitative estimate of drug-likeness (QED) is 0.738. The molecule has 5 nitrogen and oxygen atoms in total. The van der Waals surface area contributed by atoms with E-state index in [9.17, 15) is 4.79 Å². The van der Waals surface area contributed by atoms with Crippen LogP contribution < -0.4 is 10.6 Å². The summed E-state index contributed by atoms with van der Waals surface area (Å²) in [6.07, 6.45) is 5.11. The average molecular weight is 339 g/mol. The zero-order valence-corrected chi connectivity index (χ0v) is 13.5. The summed E-state index contributed by atoms with van der Waals surface area (Å²) in [6, 6.07) is 14.3. The van der Waals surface area contributed by atoms with Crippen LogP contribution in [0.3, 0.4) is 0 Å². The number of rotatable bonds is 5. The highest BCUT2D eigenvalue weighted by Gasteiger charge is 2.06. The molecular weight excluding hydrogens is 324 g/mol. The summed E-state index contributed by atoms with van der Waals surface area (Å²) >= 11 is 5.89. The largest absolute Gasteiger partial charge is 0.366 e. The molecule has 0 unspecified atom stereocenters. The first-order valence-electron chi connectivity index (χ1n) is 7.36. The molecule has 1 aromatic carbocycles. The molecule has 3 rings (SSSR count). The highest BCUT2D eigenvalue weighted by atomic mass is 35.5. The smallest absolute Gasteiger partial charge is 0.255 e. The van der Waals surface area contributed by atoms with E-state index in [0.29, 0.717) is 22.8 Å². The summed E-state index contributed by atoms with van der Waals surface area (Å²) < 4.78 is 0. The monoisotopic (exact) mass is 338 g/mol. The van der Waals surface area contributed by atoms with E-state index < -0.39 is 0 Å². The van der Waals surface area contributed by atoms with Gasteiger partial charge in [0.05, 0.1) is 11.9 Å². The van der Waals surface area contributed by atoms with Crippen LogP contribution in [-0.4, -0.2) is 15.9 Å². The highest BCUT2D eigenvalue weighted by molar-refractivity contribution is 6.31. The Hall–Kier alpha value is -2.92. The molecule has 0 bridgehead atoms. The van der Waals surface area contributed by atoms with Gasteiger partial charge in [-0.1, -0.05) is 17.7 Å². The van der Waals surface area contributed by atoms with Crippen molar-refractivity contribution in [3.8, 4) is 0 Å². The normalized spacial score (nSPS) is 10.2. The Kier molecular flexibility index (Phi) is 5.03. The zero-order chi connectivity index (χ0) is 16.8. The number of benzene rings is 1. The van der Waals surface area contributed by atoms with Gasteiger partial charge in [-0.15, -0.1) is 0 Å². The average Bonchev–Trinajstić information content (AvgIpc) is 2.62. The maximum atomic E-state index is 12.1. The van der Waals surface area contributed by atoms with E-state index in [0.717, 1.165) is 11.4 Å². The number of hydrogen-bond acceptors (Lipinski definition) is 4. The summed E-state index contributed by atoms with van der Waals surface area (Å²) in [7, 11) is 0. The minimum atomic E-state index is -0.225. The number of anilines is 2. The summed E-state index contributed by atoms with van der Waals surface area (Å²) in [5, 5.41) is 6.53. The first-order chi connectivity index (χ1) is 11.7. The fourth-order valence-electron chi connectivity index (χ4n) is 2.10. The van der Waals surface area contributed by atoms with E-state index in [4.69, 9.17) is 11.6 Å². The van der Waals surface area contributed by atoms with Crippen LogP contribution in [0, 0.1) is 0 Å². The van der Waals surface area contributed by atoms with E-state index in [1.54, 1.807) is 48.9 Å². The second-order valence-corrected chi connectivity index (χ2v) is 5.54. The molecule has 0 fully saturated rings. The molecule has 0 atom stereocenters. The third-order valence-electron chi connectivity index (χ3n) is 3.33. The molecule has 3 aromatic rings. The van der Waals surface area contributed by atoms with E-state index in [1.165, 1.54) is 0 Å². The fourth-order valence-corrected chi connectivity index (χ4v) is 2.29. The van der Waals surface area contributed by atoms with Gasteiger partial charge in [0.25, 0.3) is 5.91 Å². The van der Waals surface area contributed by atoms with Gasteiger partial charge in [0.15, 0.2) is 0 Å². The molecule has 0 aliphatic carbocycles. The van der Waals surface area contributed by atoms with Gasteiger partial charge in [0.2, 0.25) is 0 Å². The number of pyridine rings is 2. The van der Waals surface area contributed by atoms with E-state index in [1.807, 2.05) is 18.2 Å². The lowest BCUT2D eigenvalue weighted by Gasteiger charge is -2.08. The third-order valence-corrected chi connectivity index (χ3v) is 3.57. The Labute approximate surface area is 144 Å². The van der Waals surface area contributed by atoms with Crippen LogP contribution >= 0.6 is 11.6 Å². The van der Waals surface area contributed by atoms with Crippen molar-refractivity contribution < 1.29 is 4.79 Å². The summed E-state index contributed by atoms with van der Waals surface area (Å²) in [6.45, 7) is 0.656. The Balaban J connectivity index is 1.59. The molecule has 0 aliphatic rings. The second-order valence-electron chi connectivity index (χ2n) is 5.11. The fraction of sp³-hybridized carbons (Fsp3) is 0.0556. The number of nitrogens with zero attached hydrogens (tertiary/aromatic N) is 2. The maximum absolute atomic E-state index is 12.1. The van der Waals surface area contributed by atoms with Gasteiger partial charge >= 0.3 is 0 Å². The third kappa shape index (κ3) is 4.30. The molecule has 2 N–H and O–H groups in total. The maximum Gasteiger partial charge on any atom is 0.255 e. The van der Waals surface area contributed by atoms with Gasteiger partial charge in [-0.05, 0) is 48.0 Å². The molecular formula is C18H15ClN4O. The number of nitrogens with one attached hydrogen (secondary N) is 2. The van der Waals surface area contributed by atoms with Gasteiger partial charge in [-0.2, -0.15) is 0 Å². The minimum absolute atomic E-state index is 0.225. The standard InChI is InChI=1S/C18H15ClN4O/c19-15-3-1-2-14(10-15)18(24)23-16-4-5-17(22-12-16)21-11-13-6-8-20-9-7-13/h1-10,12H,11H2,(H,21,22)(H,23,24). The summed E-state index contributed by atoms with van der Waals surface area (Å²) in [4.78, 5) is 20.4. The minimum Gasteiger partial charge on any atom is -0.366 e. The van der Waals surface area contributed by atoms with Crippen LogP contribution in [0.15, 0.2) is 67.1 Å². The van der Waals surface area contributed by atoms with Gasteiger partial charge in [-0.3, -0.25) is 9.78 Å². The lowest BCUT2D eigenvalue weighted by molar-refractivity contribution is 0.102. The van der Waals surface area contributed by atoms with Crippen molar-refractivity contribution in [1.82, 2.24) is 9.97 Å². The van der Waals surface area contributed by atoms with Gasteiger partial charge in [0.1, 0.15) is 5.82 Å². The van der Waals surface area contributed by atoms with E-state index >= 15 is 0 Å². The van der Waals surface area contributed by atoms with Crippen molar-refractivity contribution in [2.45, 2.75) is 6.54 Å². The van der Waals surface area contributed by atoms with Crippen LogP contribution in [0.1, 0.15) is 15.9 Å². The lowest BCUT2D eigenvalue weighted by Crippen LogP contribution is -2.12. The van der Waals surface area contributed by atoms with E-state index in [-0.39, 0.29) is 5.91 Å². The SMILES string of the molecule is O=C(Nc1ccc(NCc2ccncc2)nc1)c1cccc(Cl)c1. The van der Waals surface area contributed by atoms with E-state index in [2.05, 4.69) is 20.6 Å². The predicted octanol–water partition coefficient (Wildman–Crippen LogP) is 3.99. The molecule has 0 radical (unpaired) electrons. The summed E-state index contributed by atoms with van der Waals surface area (Å²) in [5.74, 6) is 0.504. The number of hydrogen-bond donors (Lipinski definition) is 2. The Bertz CT molecular complexity index is 822. The Morgan fingerprint density at radius 2 is 1.92 bits per heavy atom. The van der Waals surface area contributed by atoms with Gasteiger partial charge in [0, 0.05) is 29.5 Å². The molecule has 0 spiro atoms. The number of aromatic nitrogens is 2. The van der Waals surface area contributed by atoms with Crippen molar-refractivity contribution in [2.24, 2.45) is 0 Å². The molecule has 0 aliphatic heterocycles. The van der Waals surface area contributed by atoms with Crippen molar-refractivity contribution in [2.75, 3.05) is 10.6 Å². The molecule has 2 aromatic heterocycles. The van der Waals surface area contributed by atoms with Crippen molar-refractivity contribution in [3.63, 3.8) is 0 Å². The molecule has 0 saturated carbocycles. The first kappa shape index (κ1) is 16.0. The topological polar surface area (TPSA) is 66.9 Å². The van der Waals surface area contributed by atoms with Crippen LogP contribution in [0.2, 0.25) is 5.02 Å². The Morgan fingerprint density at radius 3 is 2.62 bits per heavy atom. The molecule has 120 valence electrons. The van der Waals surface area contributed by atoms with Gasteiger partial charge in [-0.25, -0.2) is 4.98 Å². The molecule has 1 amide bonds. The van der Waals surface area contributed by atoms with Crippen molar-refractivity contribution >= 4 is 29.0 Å². The molecule has 0 saturated heterocycles. The number of carbonyl (C=O) groups is 1. The van der Waals surface area contributed by atoms with Crippen LogP contribution in [0.5, 0.6) is 0 Å². The second kappa shape index (κ2) is 7.57. The summed E-state index contributed by atoms with van der Waals surface area (Å²) in [5.41, 5.74) is 2.24. The van der Waals surface area contributed by atoms with Gasteiger partial charge < -0.3 is 10.6 Å². The van der Waals surface area contributed by atoms with Crippen LogP contribution in [0.4, 0.5) is 11.5 Å². The molecule has 2 heterocycles. The number of halogens is 1. The lowest BCUT2D eigenvalue weighted by atomic mass is 10.2. The van der Waals surface area contributed by atoms with Crippen LogP contribution in [-0.2, 0) is 6.54 Å². The molecule has 6 heteroatoms. The predicted molar refractivity (Wildman–Crippen MR) is 95.2 cm³/mol. The van der Waals surface area contributed by atoms with Crippen LogP contribution in [0.25, 0.3) is 0 Å². The van der Waals surface area contributed by atoms with Crippen molar-refractivity contribution in [1.29, 1.82) is 0 Å². The highest BCUT2D eigenvalue weighted by Crippen LogP contribution is 2.14. The number of amides is 1. The zero-order valence-electron chi connectivity index (χ0n) is 12.7. The molecule has 24 heavy (non-hydrogen) atoms. The number of carbonyl (C=O) groups excluding carboxylic acids is 1.